The summed E-state index contributed by atoms with van der Waals surface area (Å²) in [5, 5.41) is 17.0. The summed E-state index contributed by atoms with van der Waals surface area (Å²) in [4.78, 5) is 96.5. The summed E-state index contributed by atoms with van der Waals surface area (Å²) in [7, 11) is 0. The van der Waals surface area contributed by atoms with Gasteiger partial charge in [-0.3, -0.25) is 33.6 Å². The van der Waals surface area contributed by atoms with E-state index in [1.54, 1.807) is 13.8 Å². The van der Waals surface area contributed by atoms with E-state index >= 15 is 0 Å². The lowest BCUT2D eigenvalue weighted by atomic mass is 9.94. The minimum atomic E-state index is -1.12. The molecule has 0 spiro atoms. The first-order valence-electron chi connectivity index (χ1n) is 18.8. The molecule has 288 valence electrons. The molecule has 14 heteroatoms. The van der Waals surface area contributed by atoms with E-state index in [0.29, 0.717) is 25.7 Å². The van der Waals surface area contributed by atoms with E-state index in [9.17, 15) is 33.6 Å². The molecule has 0 aromatic heterocycles. The third kappa shape index (κ3) is 11.5. The summed E-state index contributed by atoms with van der Waals surface area (Å²) in [5.74, 6) is -4.16. The Morgan fingerprint density at radius 1 is 0.808 bits per heavy atom. The van der Waals surface area contributed by atoms with Crippen LogP contribution in [0.15, 0.2) is 30.3 Å². The SMILES string of the molecule is CCC(C)C1NC(=O)C(C(C)CC)NC(=O)C2CCCN2C(=O)C(Cc2ccccc2)NC(=O)C(NC(=O)C(NC(C)=O)C(C)C)CCCNC1=O. The van der Waals surface area contributed by atoms with Crippen LogP contribution >= 0.6 is 0 Å². The highest BCUT2D eigenvalue weighted by molar-refractivity contribution is 5.97. The van der Waals surface area contributed by atoms with E-state index < -0.39 is 77.6 Å². The molecule has 0 saturated carbocycles. The maximum atomic E-state index is 14.4. The summed E-state index contributed by atoms with van der Waals surface area (Å²) >= 11 is 0. The molecule has 3 rings (SSSR count). The predicted molar refractivity (Wildman–Crippen MR) is 196 cm³/mol. The number of nitrogens with zero attached hydrogens (tertiary/aromatic N) is 1. The van der Waals surface area contributed by atoms with Crippen molar-refractivity contribution in [2.75, 3.05) is 13.1 Å². The Kier molecular flexibility index (Phi) is 16.1. The molecule has 0 aliphatic carbocycles. The van der Waals surface area contributed by atoms with Crippen LogP contribution < -0.4 is 31.9 Å². The molecule has 52 heavy (non-hydrogen) atoms. The van der Waals surface area contributed by atoms with Crippen molar-refractivity contribution in [3.05, 3.63) is 35.9 Å². The lowest BCUT2D eigenvalue weighted by molar-refractivity contribution is -0.143. The van der Waals surface area contributed by atoms with Gasteiger partial charge in [0.25, 0.3) is 0 Å². The number of carbonyl (C=O) groups is 7. The summed E-state index contributed by atoms with van der Waals surface area (Å²) in [6, 6.07) is 3.35. The molecule has 2 saturated heterocycles. The van der Waals surface area contributed by atoms with Crippen LogP contribution in [0.4, 0.5) is 0 Å². The number of nitrogens with one attached hydrogen (secondary N) is 6. The summed E-state index contributed by atoms with van der Waals surface area (Å²) < 4.78 is 0. The van der Waals surface area contributed by atoms with Crippen molar-refractivity contribution in [2.24, 2.45) is 17.8 Å². The van der Waals surface area contributed by atoms with Gasteiger partial charge in [0.2, 0.25) is 41.4 Å². The van der Waals surface area contributed by atoms with Crippen molar-refractivity contribution in [2.45, 2.75) is 130 Å². The quantitative estimate of drug-likeness (QED) is 0.209. The molecule has 1 aromatic carbocycles. The van der Waals surface area contributed by atoms with E-state index in [1.807, 2.05) is 58.0 Å². The zero-order valence-corrected chi connectivity index (χ0v) is 31.8. The minimum absolute atomic E-state index is 0.0974. The molecular formula is C38H59N7O7. The average molecular weight is 726 g/mol. The topological polar surface area (TPSA) is 195 Å². The van der Waals surface area contributed by atoms with Gasteiger partial charge in [0.15, 0.2) is 0 Å². The highest BCUT2D eigenvalue weighted by atomic mass is 16.2. The maximum absolute atomic E-state index is 14.4. The Morgan fingerprint density at radius 2 is 1.42 bits per heavy atom. The molecule has 14 nitrogen and oxygen atoms in total. The van der Waals surface area contributed by atoms with Crippen LogP contribution in [0.25, 0.3) is 0 Å². The van der Waals surface area contributed by atoms with Gasteiger partial charge in [0.1, 0.15) is 36.3 Å². The predicted octanol–water partition coefficient (Wildman–Crippen LogP) is 1.32. The Bertz CT molecular complexity index is 1420. The highest BCUT2D eigenvalue weighted by Crippen LogP contribution is 2.22. The van der Waals surface area contributed by atoms with Gasteiger partial charge in [0, 0.05) is 26.4 Å². The molecular weight excluding hydrogens is 666 g/mol. The fraction of sp³-hybridized carbons (Fsp3) is 0.658. The second-order valence-corrected chi connectivity index (χ2v) is 14.6. The van der Waals surface area contributed by atoms with E-state index in [1.165, 1.54) is 11.8 Å². The number of hydrogen-bond donors (Lipinski definition) is 6. The van der Waals surface area contributed by atoms with Gasteiger partial charge in [-0.1, -0.05) is 84.7 Å². The zero-order chi connectivity index (χ0) is 38.5. The highest BCUT2D eigenvalue weighted by Gasteiger charge is 2.41. The number of fused-ring (bicyclic) bond motifs is 1. The van der Waals surface area contributed by atoms with Crippen molar-refractivity contribution < 1.29 is 33.6 Å². The summed E-state index contributed by atoms with van der Waals surface area (Å²) in [5.41, 5.74) is 0.779. The smallest absolute Gasteiger partial charge is 0.246 e. The Hall–Kier alpha value is -4.49. The van der Waals surface area contributed by atoms with Crippen molar-refractivity contribution in [1.82, 2.24) is 36.8 Å². The first-order valence-corrected chi connectivity index (χ1v) is 18.8. The monoisotopic (exact) mass is 725 g/mol. The molecule has 6 N–H and O–H groups in total. The van der Waals surface area contributed by atoms with Gasteiger partial charge in [0.05, 0.1) is 0 Å². The molecule has 8 unspecified atom stereocenters. The molecule has 2 fully saturated rings. The molecule has 7 amide bonds. The van der Waals surface area contributed by atoms with Crippen LogP contribution in [-0.4, -0.2) is 95.6 Å². The molecule has 8 atom stereocenters. The molecule has 0 bridgehead atoms. The van der Waals surface area contributed by atoms with Crippen molar-refractivity contribution in [3.8, 4) is 0 Å². The van der Waals surface area contributed by atoms with Crippen LogP contribution in [0.2, 0.25) is 0 Å². The van der Waals surface area contributed by atoms with Gasteiger partial charge in [-0.2, -0.15) is 0 Å². The number of amides is 7. The van der Waals surface area contributed by atoms with Gasteiger partial charge in [-0.25, -0.2) is 0 Å². The molecule has 1 aromatic rings. The summed E-state index contributed by atoms with van der Waals surface area (Å²) in [6.07, 6.45) is 2.59. The standard InChI is InChI=1S/C38H59N7O7/c1-8-23(5)31-35(49)39-19-13-17-27(41-36(50)30(22(3)4)40-25(7)46)33(47)42-28(21-26-15-11-10-12-16-26)38(52)45-20-14-18-29(45)34(48)43-32(24(6)9-2)37(51)44-31/h10-12,15-16,22-24,27-32H,8-9,13-14,17-21H2,1-7H3,(H,39,49)(H,40,46)(H,41,50)(H,42,47)(H,43,48)(H,44,51). The third-order valence-corrected chi connectivity index (χ3v) is 10.2. The maximum Gasteiger partial charge on any atom is 0.246 e. The lowest BCUT2D eigenvalue weighted by Crippen LogP contribution is -2.61. The fourth-order valence-electron chi connectivity index (χ4n) is 6.63. The van der Waals surface area contributed by atoms with Crippen LogP contribution in [0.3, 0.4) is 0 Å². The average Bonchev–Trinajstić information content (AvgIpc) is 3.61. The van der Waals surface area contributed by atoms with Crippen molar-refractivity contribution >= 4 is 41.4 Å². The largest absolute Gasteiger partial charge is 0.354 e. The van der Waals surface area contributed by atoms with E-state index in [0.717, 1.165) is 5.56 Å². The lowest BCUT2D eigenvalue weighted by Gasteiger charge is -2.33. The molecule has 0 radical (unpaired) electrons. The Balaban J connectivity index is 2.04. The van der Waals surface area contributed by atoms with Crippen molar-refractivity contribution in [1.29, 1.82) is 0 Å². The molecule has 2 aliphatic heterocycles. The zero-order valence-electron chi connectivity index (χ0n) is 31.8. The second kappa shape index (κ2) is 19.9. The van der Waals surface area contributed by atoms with Crippen LogP contribution in [-0.2, 0) is 40.0 Å². The van der Waals surface area contributed by atoms with Gasteiger partial charge in [-0.05, 0) is 49.0 Å². The van der Waals surface area contributed by atoms with Gasteiger partial charge in [-0.15, -0.1) is 0 Å². The van der Waals surface area contributed by atoms with Gasteiger partial charge < -0.3 is 36.8 Å². The van der Waals surface area contributed by atoms with Crippen LogP contribution in [0.1, 0.15) is 92.6 Å². The fourth-order valence-corrected chi connectivity index (χ4v) is 6.63. The number of hydrogen-bond acceptors (Lipinski definition) is 7. The van der Waals surface area contributed by atoms with Crippen LogP contribution in [0, 0.1) is 17.8 Å². The van der Waals surface area contributed by atoms with E-state index in [4.69, 9.17) is 0 Å². The van der Waals surface area contributed by atoms with E-state index in [-0.39, 0.29) is 50.1 Å². The van der Waals surface area contributed by atoms with E-state index in [2.05, 4.69) is 31.9 Å². The van der Waals surface area contributed by atoms with Crippen molar-refractivity contribution in [3.63, 3.8) is 0 Å². The molecule has 2 aliphatic rings. The molecule has 2 heterocycles. The Labute approximate surface area is 307 Å². The van der Waals surface area contributed by atoms with Gasteiger partial charge >= 0.3 is 0 Å². The number of rotatable bonds is 10. The first-order chi connectivity index (χ1) is 24.7. The number of benzene rings is 1. The minimum Gasteiger partial charge on any atom is -0.354 e. The Morgan fingerprint density at radius 3 is 2.02 bits per heavy atom. The summed E-state index contributed by atoms with van der Waals surface area (Å²) in [6.45, 7) is 12.8. The third-order valence-electron chi connectivity index (χ3n) is 10.2. The normalized spacial score (nSPS) is 25.7. The van der Waals surface area contributed by atoms with Crippen LogP contribution in [0.5, 0.6) is 0 Å². The number of carbonyl (C=O) groups excluding carboxylic acids is 7. The second-order valence-electron chi connectivity index (χ2n) is 14.6. The first kappa shape index (κ1) is 41.9.